The van der Waals surface area contributed by atoms with Crippen LogP contribution in [-0.2, 0) is 11.3 Å². The highest BCUT2D eigenvalue weighted by Gasteiger charge is 2.06. The quantitative estimate of drug-likeness (QED) is 0.813. The van der Waals surface area contributed by atoms with Crippen LogP contribution in [0.1, 0.15) is 5.56 Å². The molecule has 104 valence electrons. The van der Waals surface area contributed by atoms with Crippen molar-refractivity contribution < 1.29 is 4.79 Å². The van der Waals surface area contributed by atoms with Crippen molar-refractivity contribution in [1.82, 2.24) is 20.3 Å². The lowest BCUT2D eigenvalue weighted by molar-refractivity contribution is -0.118. The van der Waals surface area contributed by atoms with Gasteiger partial charge in [-0.3, -0.25) is 4.79 Å². The standard InChI is InChI=1S/C12H12ClN5OS/c13-9-4-2-1-3-8(9)5-15-10(19)6-20-12-17-7-16-11(14)18-12/h1-4,7H,5-6H2,(H,15,19)(H2,14,16,17,18). The van der Waals surface area contributed by atoms with Crippen molar-refractivity contribution in [3.63, 3.8) is 0 Å². The van der Waals surface area contributed by atoms with Crippen LogP contribution < -0.4 is 11.1 Å². The van der Waals surface area contributed by atoms with E-state index in [1.54, 1.807) is 6.07 Å². The van der Waals surface area contributed by atoms with Gasteiger partial charge in [-0.2, -0.15) is 4.98 Å². The zero-order valence-corrected chi connectivity index (χ0v) is 12.0. The van der Waals surface area contributed by atoms with E-state index in [-0.39, 0.29) is 17.6 Å². The number of thioether (sulfide) groups is 1. The molecule has 2 aromatic rings. The highest BCUT2D eigenvalue weighted by atomic mass is 35.5. The Morgan fingerprint density at radius 2 is 2.15 bits per heavy atom. The van der Waals surface area contributed by atoms with Gasteiger partial charge in [0.25, 0.3) is 0 Å². The molecule has 0 radical (unpaired) electrons. The summed E-state index contributed by atoms with van der Waals surface area (Å²) in [6.45, 7) is 0.387. The molecule has 0 atom stereocenters. The molecule has 0 aliphatic rings. The Morgan fingerprint density at radius 1 is 1.35 bits per heavy atom. The fraction of sp³-hybridized carbons (Fsp3) is 0.167. The van der Waals surface area contributed by atoms with E-state index >= 15 is 0 Å². The second-order valence-corrected chi connectivity index (χ2v) is 5.13. The number of nitrogens with one attached hydrogen (secondary N) is 1. The number of anilines is 1. The van der Waals surface area contributed by atoms with Crippen molar-refractivity contribution in [1.29, 1.82) is 0 Å². The molecule has 0 saturated carbocycles. The van der Waals surface area contributed by atoms with E-state index in [0.717, 1.165) is 5.56 Å². The zero-order chi connectivity index (χ0) is 14.4. The van der Waals surface area contributed by atoms with Crippen LogP contribution in [-0.4, -0.2) is 26.6 Å². The number of nitrogen functional groups attached to an aromatic ring is 1. The van der Waals surface area contributed by atoms with Crippen LogP contribution in [0.4, 0.5) is 5.95 Å². The third-order valence-electron chi connectivity index (χ3n) is 2.33. The molecular weight excluding hydrogens is 298 g/mol. The Hall–Kier alpha value is -1.86. The fourth-order valence-corrected chi connectivity index (χ4v) is 2.22. The molecule has 1 aromatic heterocycles. The molecule has 0 fully saturated rings. The van der Waals surface area contributed by atoms with Crippen molar-refractivity contribution in [3.8, 4) is 0 Å². The monoisotopic (exact) mass is 309 g/mol. The summed E-state index contributed by atoms with van der Waals surface area (Å²) in [5, 5.41) is 3.83. The van der Waals surface area contributed by atoms with E-state index in [4.69, 9.17) is 17.3 Å². The largest absolute Gasteiger partial charge is 0.368 e. The second-order valence-electron chi connectivity index (χ2n) is 3.78. The molecule has 6 nitrogen and oxygen atoms in total. The predicted molar refractivity (Wildman–Crippen MR) is 78.3 cm³/mol. The van der Waals surface area contributed by atoms with Gasteiger partial charge in [0, 0.05) is 11.6 Å². The van der Waals surface area contributed by atoms with Crippen molar-refractivity contribution in [2.24, 2.45) is 0 Å². The first-order chi connectivity index (χ1) is 9.65. The Kier molecular flexibility index (Phi) is 5.14. The molecule has 0 aliphatic carbocycles. The molecule has 0 unspecified atom stereocenters. The number of halogens is 1. The first-order valence-corrected chi connectivity index (χ1v) is 7.09. The number of nitrogens with two attached hydrogens (primary N) is 1. The lowest BCUT2D eigenvalue weighted by atomic mass is 10.2. The maximum absolute atomic E-state index is 11.7. The fourth-order valence-electron chi connectivity index (χ4n) is 1.38. The maximum atomic E-state index is 11.7. The minimum Gasteiger partial charge on any atom is -0.368 e. The third kappa shape index (κ3) is 4.36. The van der Waals surface area contributed by atoms with Gasteiger partial charge in [0.15, 0.2) is 5.16 Å². The van der Waals surface area contributed by atoms with Crippen LogP contribution in [0.2, 0.25) is 5.02 Å². The van der Waals surface area contributed by atoms with Gasteiger partial charge >= 0.3 is 0 Å². The second kappa shape index (κ2) is 7.06. The van der Waals surface area contributed by atoms with Crippen molar-refractivity contribution in [3.05, 3.63) is 41.2 Å². The number of benzene rings is 1. The number of nitrogens with zero attached hydrogens (tertiary/aromatic N) is 3. The first-order valence-electron chi connectivity index (χ1n) is 5.72. The Labute approximate surface area is 125 Å². The van der Waals surface area contributed by atoms with E-state index in [9.17, 15) is 4.79 Å². The number of rotatable bonds is 5. The zero-order valence-electron chi connectivity index (χ0n) is 10.4. The van der Waals surface area contributed by atoms with Crippen LogP contribution in [0.15, 0.2) is 35.7 Å². The summed E-state index contributed by atoms with van der Waals surface area (Å²) in [6.07, 6.45) is 1.31. The van der Waals surface area contributed by atoms with Crippen LogP contribution in [0, 0.1) is 0 Å². The Bertz CT molecular complexity index is 610. The Balaban J connectivity index is 1.80. The Morgan fingerprint density at radius 3 is 2.90 bits per heavy atom. The van der Waals surface area contributed by atoms with Gasteiger partial charge in [-0.1, -0.05) is 41.6 Å². The lowest BCUT2D eigenvalue weighted by Crippen LogP contribution is -2.24. The average Bonchev–Trinajstić information content (AvgIpc) is 2.44. The number of aromatic nitrogens is 3. The topological polar surface area (TPSA) is 93.8 Å². The molecular formula is C12H12ClN5OS. The van der Waals surface area contributed by atoms with Gasteiger partial charge < -0.3 is 11.1 Å². The maximum Gasteiger partial charge on any atom is 0.230 e. The molecule has 1 amide bonds. The normalized spacial score (nSPS) is 10.2. The van der Waals surface area contributed by atoms with Gasteiger partial charge in [0.2, 0.25) is 11.9 Å². The number of carbonyl (C=O) groups is 1. The van der Waals surface area contributed by atoms with Crippen LogP contribution in [0.25, 0.3) is 0 Å². The molecule has 3 N–H and O–H groups in total. The molecule has 0 spiro atoms. The summed E-state index contributed by atoms with van der Waals surface area (Å²) < 4.78 is 0. The van der Waals surface area contributed by atoms with Crippen molar-refractivity contribution in [2.45, 2.75) is 11.7 Å². The minimum atomic E-state index is -0.131. The average molecular weight is 310 g/mol. The van der Waals surface area contributed by atoms with E-state index in [1.807, 2.05) is 18.2 Å². The molecule has 20 heavy (non-hydrogen) atoms. The first kappa shape index (κ1) is 14.5. The van der Waals surface area contributed by atoms with E-state index in [0.29, 0.717) is 16.7 Å². The van der Waals surface area contributed by atoms with E-state index < -0.39 is 0 Å². The van der Waals surface area contributed by atoms with Crippen LogP contribution in [0.5, 0.6) is 0 Å². The summed E-state index contributed by atoms with van der Waals surface area (Å²) in [7, 11) is 0. The van der Waals surface area contributed by atoms with Crippen LogP contribution >= 0.6 is 23.4 Å². The molecule has 8 heteroatoms. The minimum absolute atomic E-state index is 0.131. The molecule has 2 rings (SSSR count). The predicted octanol–water partition coefficient (Wildman–Crippen LogP) is 1.52. The molecule has 0 bridgehead atoms. The van der Waals surface area contributed by atoms with E-state index in [1.165, 1.54) is 18.1 Å². The lowest BCUT2D eigenvalue weighted by Gasteiger charge is -2.06. The van der Waals surface area contributed by atoms with Gasteiger partial charge in [-0.25, -0.2) is 9.97 Å². The highest BCUT2D eigenvalue weighted by Crippen LogP contribution is 2.15. The summed E-state index contributed by atoms with van der Waals surface area (Å²) in [5.41, 5.74) is 6.30. The van der Waals surface area contributed by atoms with Gasteiger partial charge in [-0.05, 0) is 11.6 Å². The van der Waals surface area contributed by atoms with Crippen LogP contribution in [0.3, 0.4) is 0 Å². The van der Waals surface area contributed by atoms with Gasteiger partial charge in [0.1, 0.15) is 6.33 Å². The molecule has 1 aromatic carbocycles. The summed E-state index contributed by atoms with van der Waals surface area (Å²) in [6, 6.07) is 7.36. The SMILES string of the molecule is Nc1ncnc(SCC(=O)NCc2ccccc2Cl)n1. The molecule has 0 saturated heterocycles. The summed E-state index contributed by atoms with van der Waals surface area (Å²) in [4.78, 5) is 23.2. The number of amides is 1. The number of hydrogen-bond acceptors (Lipinski definition) is 6. The number of carbonyl (C=O) groups excluding carboxylic acids is 1. The molecule has 1 heterocycles. The van der Waals surface area contributed by atoms with E-state index in [2.05, 4.69) is 20.3 Å². The molecule has 0 aliphatic heterocycles. The third-order valence-corrected chi connectivity index (χ3v) is 3.56. The van der Waals surface area contributed by atoms with Crippen molar-refractivity contribution >= 4 is 35.2 Å². The summed E-state index contributed by atoms with van der Waals surface area (Å²) in [5.74, 6) is 0.210. The van der Waals surface area contributed by atoms with Gasteiger partial charge in [-0.15, -0.1) is 0 Å². The van der Waals surface area contributed by atoms with Crippen molar-refractivity contribution in [2.75, 3.05) is 11.5 Å². The number of hydrogen-bond donors (Lipinski definition) is 2. The highest BCUT2D eigenvalue weighted by molar-refractivity contribution is 7.99. The summed E-state index contributed by atoms with van der Waals surface area (Å²) >= 11 is 7.20. The van der Waals surface area contributed by atoms with Gasteiger partial charge in [0.05, 0.1) is 5.75 Å². The smallest absolute Gasteiger partial charge is 0.230 e.